The zero-order valence-electron chi connectivity index (χ0n) is 9.72. The lowest BCUT2D eigenvalue weighted by atomic mass is 9.84. The molecule has 16 heavy (non-hydrogen) atoms. The van der Waals surface area contributed by atoms with E-state index in [1.807, 2.05) is 0 Å². The molecule has 1 aliphatic rings. The monoisotopic (exact) mass is 240 g/mol. The normalized spacial score (nSPS) is 22.9. The third kappa shape index (κ3) is 1.20. The third-order valence-electron chi connectivity index (χ3n) is 3.52. The first kappa shape index (κ1) is 11.3. The highest BCUT2D eigenvalue weighted by Gasteiger charge is 2.60. The fourth-order valence-electron chi connectivity index (χ4n) is 1.62. The van der Waals surface area contributed by atoms with Gasteiger partial charge in [0.25, 0.3) is 0 Å². The van der Waals surface area contributed by atoms with Gasteiger partial charge < -0.3 is 5.21 Å². The Morgan fingerprint density at radius 1 is 1.44 bits per heavy atom. The first-order valence-electron chi connectivity index (χ1n) is 5.01. The topological polar surface area (TPSA) is 62.1 Å². The van der Waals surface area contributed by atoms with Gasteiger partial charge in [-0.1, -0.05) is 5.06 Å². The summed E-state index contributed by atoms with van der Waals surface area (Å²) in [5.41, 5.74) is -1.54. The van der Waals surface area contributed by atoms with Crippen molar-refractivity contribution in [2.75, 3.05) is 0 Å². The zero-order chi connectivity index (χ0) is 12.1. The van der Waals surface area contributed by atoms with Crippen molar-refractivity contribution in [3.63, 3.8) is 0 Å². The van der Waals surface area contributed by atoms with Crippen LogP contribution >= 0.6 is 11.3 Å². The molecule has 0 amide bonds. The predicted octanol–water partition coefficient (Wildman–Crippen LogP) is 1.62. The minimum absolute atomic E-state index is 0.116. The molecule has 0 unspecified atom stereocenters. The van der Waals surface area contributed by atoms with Gasteiger partial charge in [0.15, 0.2) is 5.54 Å². The number of hydrogen-bond donors (Lipinski definition) is 0. The number of thiazole rings is 1. The maximum atomic E-state index is 12.2. The molecule has 6 heteroatoms. The molecule has 1 radical (unpaired) electrons. The van der Waals surface area contributed by atoms with Crippen molar-refractivity contribution in [2.24, 2.45) is 0 Å². The fourth-order valence-corrected chi connectivity index (χ4v) is 2.26. The van der Waals surface area contributed by atoms with Gasteiger partial charge in [-0.25, -0.2) is 4.98 Å². The fraction of sp³-hybridized carbons (Fsp3) is 0.600. The summed E-state index contributed by atoms with van der Waals surface area (Å²) in [6, 6.07) is 0. The molecular weight excluding hydrogens is 226 g/mol. The summed E-state index contributed by atoms with van der Waals surface area (Å²) in [6.45, 7) is 7.08. The average molecular weight is 240 g/mol. The Morgan fingerprint density at radius 2 is 2.06 bits per heavy atom. The molecule has 0 saturated heterocycles. The van der Waals surface area contributed by atoms with Gasteiger partial charge in [0.2, 0.25) is 5.01 Å². The summed E-state index contributed by atoms with van der Waals surface area (Å²) in [7, 11) is 0. The molecule has 1 aliphatic heterocycles. The van der Waals surface area contributed by atoms with E-state index < -0.39 is 11.1 Å². The highest BCUT2D eigenvalue weighted by molar-refractivity contribution is 7.11. The molecule has 5 nitrogen and oxygen atoms in total. The van der Waals surface area contributed by atoms with Crippen molar-refractivity contribution >= 4 is 17.2 Å². The lowest BCUT2D eigenvalue weighted by Crippen LogP contribution is -2.53. The van der Waals surface area contributed by atoms with E-state index >= 15 is 0 Å². The van der Waals surface area contributed by atoms with Gasteiger partial charge in [-0.2, -0.15) is 0 Å². The van der Waals surface area contributed by atoms with Crippen molar-refractivity contribution in [1.29, 1.82) is 0 Å². The highest BCUT2D eigenvalue weighted by atomic mass is 32.1. The van der Waals surface area contributed by atoms with Gasteiger partial charge >= 0.3 is 5.84 Å². The minimum Gasteiger partial charge on any atom is -0.714 e. The SMILES string of the molecule is CC1(C)N([O])C(c2nccs2)=[N+]([O-])C1(C)C. The molecular formula is C10H14N3O2S. The van der Waals surface area contributed by atoms with Crippen LogP contribution < -0.4 is 0 Å². The predicted molar refractivity (Wildman–Crippen MR) is 60.5 cm³/mol. The molecule has 1 aromatic rings. The Bertz CT molecular complexity index is 437. The number of hydroxylamine groups is 3. The molecule has 0 spiro atoms. The quantitative estimate of drug-likeness (QED) is 0.553. The van der Waals surface area contributed by atoms with Gasteiger partial charge in [-0.05, 0) is 27.7 Å². The van der Waals surface area contributed by atoms with E-state index in [4.69, 9.17) is 0 Å². The van der Waals surface area contributed by atoms with Crippen LogP contribution in [-0.4, -0.2) is 31.7 Å². The van der Waals surface area contributed by atoms with E-state index in [9.17, 15) is 10.4 Å². The van der Waals surface area contributed by atoms with Crippen molar-refractivity contribution in [2.45, 2.75) is 38.8 Å². The molecule has 87 valence electrons. The first-order valence-corrected chi connectivity index (χ1v) is 5.89. The Hall–Kier alpha value is -1.14. The van der Waals surface area contributed by atoms with Crippen LogP contribution in [0.5, 0.6) is 0 Å². The van der Waals surface area contributed by atoms with Crippen LogP contribution in [0.1, 0.15) is 32.7 Å². The van der Waals surface area contributed by atoms with Crippen molar-refractivity contribution in [3.8, 4) is 0 Å². The highest BCUT2D eigenvalue weighted by Crippen LogP contribution is 2.37. The molecule has 2 rings (SSSR count). The second-order valence-corrected chi connectivity index (χ2v) is 5.76. The standard InChI is InChI=1S/C10H14N3O2S/c1-9(2)10(3,4)13(15)8(12(9)14)7-11-5-6-16-7/h5-6H,1-4H3. The summed E-state index contributed by atoms with van der Waals surface area (Å²) in [4.78, 5) is 4.03. The van der Waals surface area contributed by atoms with Crippen LogP contribution in [0, 0.1) is 5.21 Å². The summed E-state index contributed by atoms with van der Waals surface area (Å²) >= 11 is 1.30. The molecule has 0 aromatic carbocycles. The first-order chi connectivity index (χ1) is 7.30. The molecule has 0 fully saturated rings. The maximum Gasteiger partial charge on any atom is 0.346 e. The van der Waals surface area contributed by atoms with Gasteiger partial charge in [-0.3, -0.25) is 4.74 Å². The van der Waals surface area contributed by atoms with Crippen molar-refractivity contribution in [3.05, 3.63) is 21.8 Å². The van der Waals surface area contributed by atoms with Crippen LogP contribution in [0.3, 0.4) is 0 Å². The van der Waals surface area contributed by atoms with Crippen molar-refractivity contribution < 1.29 is 9.95 Å². The Morgan fingerprint density at radius 3 is 2.44 bits per heavy atom. The molecule has 1 aromatic heterocycles. The largest absolute Gasteiger partial charge is 0.714 e. The Balaban J connectivity index is 2.59. The van der Waals surface area contributed by atoms with E-state index in [1.165, 1.54) is 11.3 Å². The summed E-state index contributed by atoms with van der Waals surface area (Å²) in [5.74, 6) is 0.116. The van der Waals surface area contributed by atoms with E-state index in [0.717, 1.165) is 9.80 Å². The smallest absolute Gasteiger partial charge is 0.346 e. The molecule has 0 N–H and O–H groups in total. The molecule has 2 heterocycles. The Kier molecular flexibility index (Phi) is 2.25. The molecule has 0 aliphatic carbocycles. The third-order valence-corrected chi connectivity index (χ3v) is 4.29. The summed E-state index contributed by atoms with van der Waals surface area (Å²) < 4.78 is 0.777. The van der Waals surface area contributed by atoms with Crippen LogP contribution in [0.2, 0.25) is 0 Å². The Labute approximate surface area is 98.2 Å². The van der Waals surface area contributed by atoms with Gasteiger partial charge in [0, 0.05) is 16.8 Å². The summed E-state index contributed by atoms with van der Waals surface area (Å²) in [5, 5.41) is 27.3. The van der Waals surface area contributed by atoms with Crippen molar-refractivity contribution in [1.82, 2.24) is 10.0 Å². The average Bonchev–Trinajstić information content (AvgIpc) is 2.73. The number of amidine groups is 1. The maximum absolute atomic E-state index is 12.2. The lowest BCUT2D eigenvalue weighted by molar-refractivity contribution is -0.539. The van der Waals surface area contributed by atoms with Crippen LogP contribution in [0.15, 0.2) is 11.6 Å². The molecule has 0 bridgehead atoms. The lowest BCUT2D eigenvalue weighted by Gasteiger charge is -2.32. The van der Waals surface area contributed by atoms with Gasteiger partial charge in [0.05, 0.1) is 0 Å². The summed E-state index contributed by atoms with van der Waals surface area (Å²) in [6.07, 6.45) is 1.59. The number of aromatic nitrogens is 1. The van der Waals surface area contributed by atoms with Crippen LogP contribution in [-0.2, 0) is 5.21 Å². The minimum atomic E-state index is -0.768. The zero-order valence-corrected chi connectivity index (χ0v) is 10.5. The second kappa shape index (κ2) is 3.18. The second-order valence-electron chi connectivity index (χ2n) is 4.87. The van der Waals surface area contributed by atoms with Crippen LogP contribution in [0.4, 0.5) is 0 Å². The number of hydrogen-bond acceptors (Lipinski definition) is 4. The molecule has 0 atom stereocenters. The number of rotatable bonds is 1. The van der Waals surface area contributed by atoms with E-state index in [1.54, 1.807) is 39.3 Å². The number of nitrogens with zero attached hydrogens (tertiary/aromatic N) is 3. The van der Waals surface area contributed by atoms with E-state index in [2.05, 4.69) is 4.98 Å². The van der Waals surface area contributed by atoms with E-state index in [-0.39, 0.29) is 5.84 Å². The van der Waals surface area contributed by atoms with Gasteiger partial charge in [0.1, 0.15) is 5.54 Å². The van der Waals surface area contributed by atoms with Gasteiger partial charge in [-0.15, -0.1) is 11.3 Å². The van der Waals surface area contributed by atoms with E-state index in [0.29, 0.717) is 5.01 Å². The molecule has 0 saturated carbocycles. The van der Waals surface area contributed by atoms with Crippen LogP contribution in [0.25, 0.3) is 0 Å².